The number of nitrogens with one attached hydrogen (secondary N) is 2. The molecule has 14 heavy (non-hydrogen) atoms. The van der Waals surface area contributed by atoms with Gasteiger partial charge in [0, 0.05) is 7.05 Å². The SMILES string of the molecule is CNC(=O)[C@H](NC=O)c1ccccc1. The van der Waals surface area contributed by atoms with Crippen LogP contribution >= 0.6 is 0 Å². The van der Waals surface area contributed by atoms with E-state index in [-0.39, 0.29) is 5.91 Å². The van der Waals surface area contributed by atoms with Gasteiger partial charge in [-0.1, -0.05) is 30.3 Å². The molecule has 74 valence electrons. The van der Waals surface area contributed by atoms with Gasteiger partial charge in [0.15, 0.2) is 0 Å². The Morgan fingerprint density at radius 1 is 1.36 bits per heavy atom. The Morgan fingerprint density at radius 3 is 2.50 bits per heavy atom. The van der Waals surface area contributed by atoms with Gasteiger partial charge in [-0.05, 0) is 5.56 Å². The van der Waals surface area contributed by atoms with Crippen molar-refractivity contribution in [3.8, 4) is 0 Å². The number of rotatable bonds is 4. The van der Waals surface area contributed by atoms with Crippen molar-refractivity contribution in [1.29, 1.82) is 0 Å². The Morgan fingerprint density at radius 2 is 2.00 bits per heavy atom. The minimum atomic E-state index is -0.612. The van der Waals surface area contributed by atoms with Gasteiger partial charge < -0.3 is 10.6 Å². The van der Waals surface area contributed by atoms with Crippen molar-refractivity contribution in [3.05, 3.63) is 35.9 Å². The lowest BCUT2D eigenvalue weighted by atomic mass is 10.1. The van der Waals surface area contributed by atoms with Gasteiger partial charge in [-0.2, -0.15) is 0 Å². The van der Waals surface area contributed by atoms with Crippen molar-refractivity contribution >= 4 is 12.3 Å². The monoisotopic (exact) mass is 192 g/mol. The first kappa shape index (κ1) is 10.2. The molecule has 0 aromatic heterocycles. The molecule has 0 radical (unpaired) electrons. The van der Waals surface area contributed by atoms with Crippen LogP contribution in [-0.4, -0.2) is 19.4 Å². The van der Waals surface area contributed by atoms with Gasteiger partial charge in [0.1, 0.15) is 6.04 Å². The molecule has 0 heterocycles. The van der Waals surface area contributed by atoms with E-state index in [0.29, 0.717) is 6.41 Å². The van der Waals surface area contributed by atoms with E-state index in [4.69, 9.17) is 0 Å². The van der Waals surface area contributed by atoms with E-state index in [9.17, 15) is 9.59 Å². The highest BCUT2D eigenvalue weighted by Gasteiger charge is 2.17. The second kappa shape index (κ2) is 5.01. The number of amides is 2. The summed E-state index contributed by atoms with van der Waals surface area (Å²) in [5.41, 5.74) is 0.763. The Balaban J connectivity index is 2.88. The summed E-state index contributed by atoms with van der Waals surface area (Å²) in [6.45, 7) is 0. The lowest BCUT2D eigenvalue weighted by Gasteiger charge is -2.14. The van der Waals surface area contributed by atoms with Crippen molar-refractivity contribution in [2.24, 2.45) is 0 Å². The topological polar surface area (TPSA) is 58.2 Å². The van der Waals surface area contributed by atoms with Crippen molar-refractivity contribution in [1.82, 2.24) is 10.6 Å². The molecule has 4 nitrogen and oxygen atoms in total. The van der Waals surface area contributed by atoms with Gasteiger partial charge in [0.2, 0.25) is 12.3 Å². The first-order valence-corrected chi connectivity index (χ1v) is 4.26. The highest BCUT2D eigenvalue weighted by atomic mass is 16.2. The first-order chi connectivity index (χ1) is 6.79. The number of carbonyl (C=O) groups is 2. The quantitative estimate of drug-likeness (QED) is 0.670. The maximum absolute atomic E-state index is 11.4. The molecule has 0 aliphatic heterocycles. The molecule has 0 saturated carbocycles. The fourth-order valence-corrected chi connectivity index (χ4v) is 1.18. The minimum absolute atomic E-state index is 0.233. The Bertz CT molecular complexity index is 311. The normalized spacial score (nSPS) is 11.5. The summed E-state index contributed by atoms with van der Waals surface area (Å²) in [7, 11) is 1.53. The van der Waals surface area contributed by atoms with Crippen LogP contribution in [0.2, 0.25) is 0 Å². The zero-order valence-corrected chi connectivity index (χ0v) is 7.86. The predicted octanol–water partition coefficient (Wildman–Crippen LogP) is 0.220. The Kier molecular flexibility index (Phi) is 3.67. The average Bonchev–Trinajstić information content (AvgIpc) is 2.26. The highest BCUT2D eigenvalue weighted by molar-refractivity contribution is 5.84. The van der Waals surface area contributed by atoms with Crippen molar-refractivity contribution in [3.63, 3.8) is 0 Å². The molecule has 4 heteroatoms. The van der Waals surface area contributed by atoms with Crippen LogP contribution in [0.5, 0.6) is 0 Å². The van der Waals surface area contributed by atoms with Crippen LogP contribution in [0.15, 0.2) is 30.3 Å². The van der Waals surface area contributed by atoms with E-state index in [2.05, 4.69) is 10.6 Å². The number of likely N-dealkylation sites (N-methyl/N-ethyl adjacent to an activating group) is 1. The summed E-state index contributed by atoms with van der Waals surface area (Å²) in [6.07, 6.45) is 0.521. The molecule has 1 rings (SSSR count). The smallest absolute Gasteiger partial charge is 0.246 e. The molecule has 0 bridgehead atoms. The summed E-state index contributed by atoms with van der Waals surface area (Å²) in [5, 5.41) is 4.95. The van der Waals surface area contributed by atoms with E-state index in [1.165, 1.54) is 7.05 Å². The zero-order chi connectivity index (χ0) is 10.4. The minimum Gasteiger partial charge on any atom is -0.357 e. The third kappa shape index (κ3) is 2.32. The second-order valence-corrected chi connectivity index (χ2v) is 2.74. The van der Waals surface area contributed by atoms with Crippen molar-refractivity contribution in [2.45, 2.75) is 6.04 Å². The van der Waals surface area contributed by atoms with E-state index < -0.39 is 6.04 Å². The van der Waals surface area contributed by atoms with Gasteiger partial charge in [-0.25, -0.2) is 0 Å². The molecule has 2 N–H and O–H groups in total. The highest BCUT2D eigenvalue weighted by Crippen LogP contribution is 2.11. The van der Waals surface area contributed by atoms with Crippen LogP contribution in [0.3, 0.4) is 0 Å². The molecule has 0 fully saturated rings. The van der Waals surface area contributed by atoms with Gasteiger partial charge in [-0.15, -0.1) is 0 Å². The third-order valence-corrected chi connectivity index (χ3v) is 1.88. The maximum atomic E-state index is 11.4. The predicted molar refractivity (Wildman–Crippen MR) is 52.4 cm³/mol. The van der Waals surface area contributed by atoms with E-state index in [1.54, 1.807) is 12.1 Å². The molecule has 0 spiro atoms. The summed E-state index contributed by atoms with van der Waals surface area (Å²) < 4.78 is 0. The van der Waals surface area contributed by atoms with Crippen LogP contribution in [-0.2, 0) is 9.59 Å². The largest absolute Gasteiger partial charge is 0.357 e. The van der Waals surface area contributed by atoms with Crippen LogP contribution in [0.1, 0.15) is 11.6 Å². The van der Waals surface area contributed by atoms with Crippen LogP contribution in [0, 0.1) is 0 Å². The van der Waals surface area contributed by atoms with Gasteiger partial charge >= 0.3 is 0 Å². The fraction of sp³-hybridized carbons (Fsp3) is 0.200. The molecular weight excluding hydrogens is 180 g/mol. The van der Waals surface area contributed by atoms with Gasteiger partial charge in [0.05, 0.1) is 0 Å². The van der Waals surface area contributed by atoms with Crippen molar-refractivity contribution < 1.29 is 9.59 Å². The maximum Gasteiger partial charge on any atom is 0.246 e. The van der Waals surface area contributed by atoms with E-state index in [1.807, 2.05) is 18.2 Å². The third-order valence-electron chi connectivity index (χ3n) is 1.88. The van der Waals surface area contributed by atoms with Crippen molar-refractivity contribution in [2.75, 3.05) is 7.05 Å². The van der Waals surface area contributed by atoms with E-state index >= 15 is 0 Å². The molecule has 0 aliphatic carbocycles. The molecular formula is C10H12N2O2. The summed E-state index contributed by atoms with van der Waals surface area (Å²) in [5.74, 6) is -0.233. The number of benzene rings is 1. The summed E-state index contributed by atoms with van der Waals surface area (Å²) in [6, 6.07) is 8.45. The lowest BCUT2D eigenvalue weighted by molar-refractivity contribution is -0.125. The molecule has 2 amide bonds. The fourth-order valence-electron chi connectivity index (χ4n) is 1.18. The molecule has 0 aliphatic rings. The molecule has 1 aromatic carbocycles. The molecule has 0 unspecified atom stereocenters. The Labute approximate surface area is 82.3 Å². The molecule has 1 atom stereocenters. The van der Waals surface area contributed by atoms with Gasteiger partial charge in [-0.3, -0.25) is 9.59 Å². The molecule has 1 aromatic rings. The number of hydrogen-bond acceptors (Lipinski definition) is 2. The average molecular weight is 192 g/mol. The van der Waals surface area contributed by atoms with Crippen LogP contribution in [0.25, 0.3) is 0 Å². The summed E-state index contributed by atoms with van der Waals surface area (Å²) >= 11 is 0. The van der Waals surface area contributed by atoms with Crippen LogP contribution in [0.4, 0.5) is 0 Å². The standard InChI is InChI=1S/C10H12N2O2/c1-11-10(14)9(12-7-13)8-5-3-2-4-6-8/h2-7,9H,1H3,(H,11,14)(H,12,13)/t9-/m1/s1. The number of carbonyl (C=O) groups excluding carboxylic acids is 2. The summed E-state index contributed by atoms with van der Waals surface area (Å²) in [4.78, 5) is 21.7. The van der Waals surface area contributed by atoms with E-state index in [0.717, 1.165) is 5.56 Å². The second-order valence-electron chi connectivity index (χ2n) is 2.74. The first-order valence-electron chi connectivity index (χ1n) is 4.26. The van der Waals surface area contributed by atoms with Crippen LogP contribution < -0.4 is 10.6 Å². The Hall–Kier alpha value is -1.84. The molecule has 0 saturated heterocycles. The number of hydrogen-bond donors (Lipinski definition) is 2. The lowest BCUT2D eigenvalue weighted by Crippen LogP contribution is -2.35. The zero-order valence-electron chi connectivity index (χ0n) is 7.86. The van der Waals surface area contributed by atoms with Gasteiger partial charge in [0.25, 0.3) is 0 Å².